The lowest BCUT2D eigenvalue weighted by Crippen LogP contribution is -2.44. The summed E-state index contributed by atoms with van der Waals surface area (Å²) in [5, 5.41) is 6.88. The highest BCUT2D eigenvalue weighted by atomic mass is 16.5. The van der Waals surface area contributed by atoms with Gasteiger partial charge in [0.15, 0.2) is 5.76 Å². The average molecular weight is 299 g/mol. The van der Waals surface area contributed by atoms with Gasteiger partial charge in [-0.05, 0) is 31.9 Å². The first-order chi connectivity index (χ1) is 10.8. The van der Waals surface area contributed by atoms with Gasteiger partial charge in [-0.15, -0.1) is 0 Å². The van der Waals surface area contributed by atoms with Crippen molar-refractivity contribution in [3.8, 4) is 0 Å². The lowest BCUT2D eigenvalue weighted by atomic mass is 10.0. The number of benzene rings is 1. The summed E-state index contributed by atoms with van der Waals surface area (Å²) in [5.74, 6) is 0.844. The van der Waals surface area contributed by atoms with E-state index >= 15 is 0 Å². The Morgan fingerprint density at radius 3 is 2.77 bits per heavy atom. The lowest BCUT2D eigenvalue weighted by molar-refractivity contribution is -0.136. The van der Waals surface area contributed by atoms with E-state index < -0.39 is 0 Å². The van der Waals surface area contributed by atoms with Crippen LogP contribution in [0.5, 0.6) is 0 Å². The third kappa shape index (κ3) is 3.04. The Morgan fingerprint density at radius 1 is 1.27 bits per heavy atom. The fraction of sp³-hybridized carbons (Fsp3) is 0.412. The number of nitrogens with zero attached hydrogens (tertiary/aromatic N) is 2. The highest BCUT2D eigenvalue weighted by Gasteiger charge is 2.33. The Kier molecular flexibility index (Phi) is 4.53. The Labute approximate surface area is 130 Å². The maximum atomic E-state index is 12.9. The van der Waals surface area contributed by atoms with Crippen molar-refractivity contribution in [2.75, 3.05) is 7.05 Å². The van der Waals surface area contributed by atoms with Crippen LogP contribution in [0.2, 0.25) is 0 Å². The molecule has 1 aliphatic heterocycles. The molecule has 1 saturated heterocycles. The molecule has 1 amide bonds. The average Bonchev–Trinajstić information content (AvgIpc) is 3.01. The van der Waals surface area contributed by atoms with E-state index in [0.717, 1.165) is 19.3 Å². The second kappa shape index (κ2) is 6.75. The van der Waals surface area contributed by atoms with Crippen molar-refractivity contribution in [1.82, 2.24) is 15.4 Å². The molecule has 1 fully saturated rings. The molecule has 5 heteroatoms. The van der Waals surface area contributed by atoms with Crippen molar-refractivity contribution < 1.29 is 9.32 Å². The van der Waals surface area contributed by atoms with Gasteiger partial charge >= 0.3 is 0 Å². The van der Waals surface area contributed by atoms with Crippen molar-refractivity contribution in [2.24, 2.45) is 0 Å². The molecule has 1 aromatic carbocycles. The summed E-state index contributed by atoms with van der Waals surface area (Å²) in [4.78, 5) is 14.8. The van der Waals surface area contributed by atoms with Crippen LogP contribution in [0.3, 0.4) is 0 Å². The topological polar surface area (TPSA) is 58.4 Å². The van der Waals surface area contributed by atoms with Gasteiger partial charge in [-0.3, -0.25) is 4.79 Å². The third-order valence-electron chi connectivity index (χ3n) is 4.28. The first kappa shape index (κ1) is 14.8. The largest absolute Gasteiger partial charge is 0.360 e. The van der Waals surface area contributed by atoms with Crippen LogP contribution in [-0.2, 0) is 11.3 Å². The molecule has 2 atom stereocenters. The zero-order chi connectivity index (χ0) is 15.4. The van der Waals surface area contributed by atoms with Gasteiger partial charge in [0, 0.05) is 6.07 Å². The predicted molar refractivity (Wildman–Crippen MR) is 82.9 cm³/mol. The van der Waals surface area contributed by atoms with Gasteiger partial charge in [0.2, 0.25) is 5.91 Å². The van der Waals surface area contributed by atoms with E-state index in [9.17, 15) is 4.79 Å². The highest BCUT2D eigenvalue weighted by Crippen LogP contribution is 2.32. The maximum Gasteiger partial charge on any atom is 0.240 e. The SMILES string of the molecule is CNC1CCCC(c2ccccc2)N(Cc2ccno2)C1=O. The molecule has 0 bridgehead atoms. The number of aromatic nitrogens is 1. The minimum absolute atomic E-state index is 0.0807. The predicted octanol–water partition coefficient (Wildman–Crippen LogP) is 2.52. The van der Waals surface area contributed by atoms with Crippen molar-refractivity contribution in [3.63, 3.8) is 0 Å². The van der Waals surface area contributed by atoms with E-state index in [0.29, 0.717) is 12.3 Å². The number of likely N-dealkylation sites (N-methyl/N-ethyl adjacent to an activating group) is 1. The van der Waals surface area contributed by atoms with Crippen LogP contribution in [0.1, 0.15) is 36.6 Å². The summed E-state index contributed by atoms with van der Waals surface area (Å²) in [6.07, 6.45) is 4.46. The second-order valence-corrected chi connectivity index (χ2v) is 5.64. The van der Waals surface area contributed by atoms with Crippen LogP contribution in [0, 0.1) is 0 Å². The van der Waals surface area contributed by atoms with Crippen LogP contribution in [0.15, 0.2) is 47.1 Å². The van der Waals surface area contributed by atoms with Crippen LogP contribution in [0.4, 0.5) is 0 Å². The summed E-state index contributed by atoms with van der Waals surface area (Å²) < 4.78 is 5.21. The quantitative estimate of drug-likeness (QED) is 0.942. The number of hydrogen-bond acceptors (Lipinski definition) is 4. The molecule has 1 aromatic heterocycles. The number of rotatable bonds is 4. The standard InChI is InChI=1S/C17H21N3O2/c1-18-15-8-5-9-16(13-6-3-2-4-7-13)20(17(15)21)12-14-10-11-19-22-14/h2-4,6-7,10-11,15-16,18H,5,8-9,12H2,1H3. The van der Waals surface area contributed by atoms with E-state index in [1.807, 2.05) is 36.2 Å². The lowest BCUT2D eigenvalue weighted by Gasteiger charge is -2.31. The number of carbonyl (C=O) groups is 1. The van der Waals surface area contributed by atoms with Crippen LogP contribution in [-0.4, -0.2) is 29.1 Å². The fourth-order valence-electron chi connectivity index (χ4n) is 3.12. The molecular weight excluding hydrogens is 278 g/mol. The number of carbonyl (C=O) groups excluding carboxylic acids is 1. The Balaban J connectivity index is 1.92. The number of likely N-dealkylation sites (tertiary alicyclic amines) is 1. The van der Waals surface area contributed by atoms with Crippen molar-refractivity contribution >= 4 is 5.91 Å². The number of hydrogen-bond donors (Lipinski definition) is 1. The Morgan fingerprint density at radius 2 is 2.09 bits per heavy atom. The molecule has 2 heterocycles. The summed E-state index contributed by atoms with van der Waals surface area (Å²) in [6, 6.07) is 12.0. The van der Waals surface area contributed by atoms with Gasteiger partial charge in [-0.1, -0.05) is 35.5 Å². The molecule has 0 aliphatic carbocycles. The van der Waals surface area contributed by atoms with E-state index in [2.05, 4.69) is 22.6 Å². The van der Waals surface area contributed by atoms with Gasteiger partial charge < -0.3 is 14.7 Å². The monoisotopic (exact) mass is 299 g/mol. The first-order valence-electron chi connectivity index (χ1n) is 7.72. The van der Waals surface area contributed by atoms with Crippen LogP contribution in [0.25, 0.3) is 0 Å². The summed E-state index contributed by atoms with van der Waals surface area (Å²) in [6.45, 7) is 0.455. The van der Waals surface area contributed by atoms with E-state index in [4.69, 9.17) is 4.52 Å². The zero-order valence-electron chi connectivity index (χ0n) is 12.7. The van der Waals surface area contributed by atoms with Crippen LogP contribution >= 0.6 is 0 Å². The Hall–Kier alpha value is -2.14. The van der Waals surface area contributed by atoms with E-state index in [-0.39, 0.29) is 18.0 Å². The van der Waals surface area contributed by atoms with Crippen molar-refractivity contribution in [1.29, 1.82) is 0 Å². The Bertz CT molecular complexity index is 598. The number of amides is 1. The maximum absolute atomic E-state index is 12.9. The molecule has 2 aromatic rings. The van der Waals surface area contributed by atoms with Gasteiger partial charge in [-0.2, -0.15) is 0 Å². The van der Waals surface area contributed by atoms with Gasteiger partial charge in [-0.25, -0.2) is 0 Å². The minimum atomic E-state index is -0.128. The van der Waals surface area contributed by atoms with Crippen LogP contribution < -0.4 is 5.32 Å². The van der Waals surface area contributed by atoms with Crippen molar-refractivity contribution in [2.45, 2.75) is 37.9 Å². The van der Waals surface area contributed by atoms with Gasteiger partial charge in [0.1, 0.15) is 0 Å². The second-order valence-electron chi connectivity index (χ2n) is 5.64. The molecule has 5 nitrogen and oxygen atoms in total. The number of nitrogens with one attached hydrogen (secondary N) is 1. The molecule has 2 unspecified atom stereocenters. The first-order valence-corrected chi connectivity index (χ1v) is 7.72. The molecule has 1 aliphatic rings. The normalized spacial score (nSPS) is 22.6. The zero-order valence-corrected chi connectivity index (χ0v) is 12.7. The highest BCUT2D eigenvalue weighted by molar-refractivity contribution is 5.82. The van der Waals surface area contributed by atoms with Gasteiger partial charge in [0.25, 0.3) is 0 Å². The summed E-state index contributed by atoms with van der Waals surface area (Å²) >= 11 is 0. The molecule has 116 valence electrons. The molecule has 0 saturated carbocycles. The van der Waals surface area contributed by atoms with Gasteiger partial charge in [0.05, 0.1) is 24.8 Å². The molecule has 0 spiro atoms. The summed E-state index contributed by atoms with van der Waals surface area (Å²) in [5.41, 5.74) is 1.17. The molecule has 22 heavy (non-hydrogen) atoms. The van der Waals surface area contributed by atoms with E-state index in [1.54, 1.807) is 6.20 Å². The third-order valence-corrected chi connectivity index (χ3v) is 4.28. The molecule has 0 radical (unpaired) electrons. The van der Waals surface area contributed by atoms with Crippen molar-refractivity contribution in [3.05, 3.63) is 53.9 Å². The minimum Gasteiger partial charge on any atom is -0.360 e. The van der Waals surface area contributed by atoms with E-state index in [1.165, 1.54) is 5.56 Å². The molecular formula is C17H21N3O2. The smallest absolute Gasteiger partial charge is 0.240 e. The molecule has 3 rings (SSSR count). The fourth-order valence-corrected chi connectivity index (χ4v) is 3.12. The summed E-state index contributed by atoms with van der Waals surface area (Å²) in [7, 11) is 1.85. The molecule has 1 N–H and O–H groups in total.